The Balaban J connectivity index is 1.13. The molecule has 0 unspecified atom stereocenters. The number of carbonyl (C=O) groups is 2. The summed E-state index contributed by atoms with van der Waals surface area (Å²) in [4.78, 5) is 29.0. The molecule has 2 aliphatic carbocycles. The van der Waals surface area contributed by atoms with Crippen molar-refractivity contribution in [2.75, 3.05) is 6.61 Å². The van der Waals surface area contributed by atoms with E-state index in [2.05, 4.69) is 15.6 Å². The second-order valence-corrected chi connectivity index (χ2v) is 11.6. The van der Waals surface area contributed by atoms with Crippen molar-refractivity contribution in [2.24, 2.45) is 11.1 Å². The van der Waals surface area contributed by atoms with Crippen molar-refractivity contribution >= 4 is 18.0 Å². The zero-order chi connectivity index (χ0) is 29.2. The zero-order valence-electron chi connectivity index (χ0n) is 23.1. The molecule has 5 rings (SSSR count). The minimum atomic E-state index is -0.963. The molecule has 1 aliphatic heterocycles. The Hall–Kier alpha value is -4.44. The van der Waals surface area contributed by atoms with E-state index in [0.717, 1.165) is 43.0 Å². The Labute approximate surface area is 238 Å². The smallest absolute Gasteiger partial charge is 0.255 e. The first kappa shape index (κ1) is 28.1. The molecular weight excluding hydrogens is 522 g/mol. The Bertz CT molecular complexity index is 1430. The summed E-state index contributed by atoms with van der Waals surface area (Å²) in [5.74, 6) is 0.157. The van der Waals surface area contributed by atoms with Crippen LogP contribution in [-0.4, -0.2) is 52.5 Å². The molecule has 0 radical (unpaired) electrons. The molecule has 10 heteroatoms. The number of aromatic nitrogens is 1. The SMILES string of the molecule is CC(C)(O)COC1=CN/C(=C(\C=N)C(=O)NC2CC3(C2)CC(Oc2cc(-c4ccncc4)ccc2C(N)=O)C3)C=C1. The monoisotopic (exact) mass is 557 g/mol. The van der Waals surface area contributed by atoms with Crippen LogP contribution in [0.2, 0.25) is 0 Å². The van der Waals surface area contributed by atoms with E-state index >= 15 is 0 Å². The van der Waals surface area contributed by atoms with E-state index in [1.165, 1.54) is 0 Å². The predicted molar refractivity (Wildman–Crippen MR) is 154 cm³/mol. The summed E-state index contributed by atoms with van der Waals surface area (Å²) >= 11 is 0. The minimum absolute atomic E-state index is 0.0176. The number of benzene rings is 1. The van der Waals surface area contributed by atoms with Crippen molar-refractivity contribution < 1.29 is 24.2 Å². The summed E-state index contributed by atoms with van der Waals surface area (Å²) in [5, 5.41) is 23.6. The summed E-state index contributed by atoms with van der Waals surface area (Å²) in [6.45, 7) is 3.43. The van der Waals surface area contributed by atoms with Gasteiger partial charge in [0.05, 0.1) is 28.5 Å². The number of primary amides is 1. The lowest BCUT2D eigenvalue weighted by Gasteiger charge is -2.57. The van der Waals surface area contributed by atoms with Gasteiger partial charge in [-0.15, -0.1) is 0 Å². The van der Waals surface area contributed by atoms with E-state index in [9.17, 15) is 14.7 Å². The molecule has 1 spiro atoms. The van der Waals surface area contributed by atoms with Crippen LogP contribution in [0.1, 0.15) is 49.9 Å². The molecule has 1 aromatic carbocycles. The molecular formula is C31H35N5O5. The number of hydrogen-bond acceptors (Lipinski definition) is 8. The van der Waals surface area contributed by atoms with Crippen LogP contribution >= 0.6 is 0 Å². The largest absolute Gasteiger partial charge is 0.490 e. The summed E-state index contributed by atoms with van der Waals surface area (Å²) < 4.78 is 11.8. The molecule has 6 N–H and O–H groups in total. The van der Waals surface area contributed by atoms with Crippen LogP contribution in [0.15, 0.2) is 78.1 Å². The van der Waals surface area contributed by atoms with Gasteiger partial charge in [0.1, 0.15) is 18.1 Å². The third kappa shape index (κ3) is 6.49. The molecule has 2 amide bonds. The highest BCUT2D eigenvalue weighted by atomic mass is 16.5. The van der Waals surface area contributed by atoms with Gasteiger partial charge < -0.3 is 36.4 Å². The molecule has 2 aromatic rings. The maximum Gasteiger partial charge on any atom is 0.255 e. The Kier molecular flexibility index (Phi) is 7.68. The third-order valence-corrected chi connectivity index (χ3v) is 7.63. The van der Waals surface area contributed by atoms with Crippen LogP contribution in [0.25, 0.3) is 11.1 Å². The number of dihydropyridines is 1. The van der Waals surface area contributed by atoms with Crippen LogP contribution < -0.4 is 21.1 Å². The number of nitrogens with one attached hydrogen (secondary N) is 3. The number of allylic oxidation sites excluding steroid dienone is 2. The number of aliphatic hydroxyl groups is 1. The van der Waals surface area contributed by atoms with Gasteiger partial charge in [-0.3, -0.25) is 14.6 Å². The second-order valence-electron chi connectivity index (χ2n) is 11.6. The van der Waals surface area contributed by atoms with Gasteiger partial charge in [-0.1, -0.05) is 6.07 Å². The van der Waals surface area contributed by atoms with Gasteiger partial charge in [-0.05, 0) is 92.5 Å². The molecule has 0 atom stereocenters. The van der Waals surface area contributed by atoms with E-state index in [1.807, 2.05) is 24.3 Å². The molecule has 41 heavy (non-hydrogen) atoms. The lowest BCUT2D eigenvalue weighted by atomic mass is 9.53. The lowest BCUT2D eigenvalue weighted by molar-refractivity contribution is -0.123. The average molecular weight is 558 g/mol. The lowest BCUT2D eigenvalue weighted by Crippen LogP contribution is -2.59. The molecule has 2 heterocycles. The van der Waals surface area contributed by atoms with E-state index in [1.54, 1.807) is 50.7 Å². The number of amides is 2. The minimum Gasteiger partial charge on any atom is -0.490 e. The molecule has 2 saturated carbocycles. The third-order valence-electron chi connectivity index (χ3n) is 7.63. The maximum atomic E-state index is 12.9. The van der Waals surface area contributed by atoms with Crippen molar-refractivity contribution in [3.63, 3.8) is 0 Å². The van der Waals surface area contributed by atoms with Gasteiger partial charge in [0, 0.05) is 30.9 Å². The van der Waals surface area contributed by atoms with E-state index in [0.29, 0.717) is 22.8 Å². The topological polar surface area (TPSA) is 160 Å². The molecule has 10 nitrogen and oxygen atoms in total. The molecule has 214 valence electrons. The van der Waals surface area contributed by atoms with E-state index in [4.69, 9.17) is 20.6 Å². The number of rotatable bonds is 10. The Morgan fingerprint density at radius 3 is 2.51 bits per heavy atom. The second kappa shape index (κ2) is 11.2. The summed E-state index contributed by atoms with van der Waals surface area (Å²) in [7, 11) is 0. The standard InChI is InChI=1S/C31H35N5O5/c1-30(2,39)18-40-22-4-6-26(35-17-22)25(16-32)29(38)36-21-12-31(13-21)14-23(15-31)41-27-11-20(3-5-24(27)28(33)37)19-7-9-34-10-8-19/h3-11,16-17,21,23,32,35,39H,12-15,18H2,1-2H3,(H2,33,37)(H,36,38)/b26-25+,32-16?. The van der Waals surface area contributed by atoms with Crippen LogP contribution in [0.5, 0.6) is 5.75 Å². The molecule has 3 aliphatic rings. The Morgan fingerprint density at radius 2 is 1.90 bits per heavy atom. The van der Waals surface area contributed by atoms with Gasteiger partial charge >= 0.3 is 0 Å². The highest BCUT2D eigenvalue weighted by Gasteiger charge is 2.54. The van der Waals surface area contributed by atoms with Crippen LogP contribution in [-0.2, 0) is 9.53 Å². The fourth-order valence-electron chi connectivity index (χ4n) is 5.59. The first-order valence-corrected chi connectivity index (χ1v) is 13.6. The van der Waals surface area contributed by atoms with Crippen molar-refractivity contribution in [1.82, 2.24) is 15.6 Å². The molecule has 1 aromatic heterocycles. The number of carbonyl (C=O) groups excluding carboxylic acids is 2. The zero-order valence-corrected chi connectivity index (χ0v) is 23.1. The number of nitrogens with two attached hydrogens (primary N) is 1. The highest BCUT2D eigenvalue weighted by molar-refractivity contribution is 6.12. The van der Waals surface area contributed by atoms with Crippen molar-refractivity contribution in [3.8, 4) is 16.9 Å². The van der Waals surface area contributed by atoms with Gasteiger partial charge in [0.25, 0.3) is 11.8 Å². The number of nitrogens with zero attached hydrogens (tertiary/aromatic N) is 1. The van der Waals surface area contributed by atoms with Gasteiger partial charge in [0.2, 0.25) is 0 Å². The van der Waals surface area contributed by atoms with Crippen molar-refractivity contribution in [3.05, 3.63) is 83.7 Å². The van der Waals surface area contributed by atoms with Gasteiger partial charge in [-0.2, -0.15) is 0 Å². The van der Waals surface area contributed by atoms with Gasteiger partial charge in [0.15, 0.2) is 0 Å². The number of ether oxygens (including phenoxy) is 2. The van der Waals surface area contributed by atoms with Crippen LogP contribution in [0, 0.1) is 10.8 Å². The van der Waals surface area contributed by atoms with E-state index in [-0.39, 0.29) is 35.6 Å². The van der Waals surface area contributed by atoms with Gasteiger partial charge in [-0.25, -0.2) is 0 Å². The molecule has 2 fully saturated rings. The number of hydrogen-bond donors (Lipinski definition) is 5. The highest BCUT2D eigenvalue weighted by Crippen LogP contribution is 2.57. The first-order chi connectivity index (χ1) is 19.5. The summed E-state index contributed by atoms with van der Waals surface area (Å²) in [6, 6.07) is 9.20. The van der Waals surface area contributed by atoms with Crippen molar-refractivity contribution in [1.29, 1.82) is 5.41 Å². The maximum absolute atomic E-state index is 12.9. The summed E-state index contributed by atoms with van der Waals surface area (Å²) in [5.41, 5.74) is 7.71. The quantitative estimate of drug-likeness (QED) is 0.221. The average Bonchev–Trinajstić information content (AvgIpc) is 2.90. The van der Waals surface area contributed by atoms with E-state index < -0.39 is 11.5 Å². The predicted octanol–water partition coefficient (Wildman–Crippen LogP) is 3.35. The molecule has 0 saturated heterocycles. The first-order valence-electron chi connectivity index (χ1n) is 13.6. The normalized spacial score (nSPS) is 24.2. The fourth-order valence-corrected chi connectivity index (χ4v) is 5.59. The van der Waals surface area contributed by atoms with Crippen LogP contribution in [0.4, 0.5) is 0 Å². The Morgan fingerprint density at radius 1 is 1.17 bits per heavy atom. The molecule has 0 bridgehead atoms. The number of pyridine rings is 1. The fraction of sp³-hybridized carbons (Fsp3) is 0.355. The van der Waals surface area contributed by atoms with Crippen LogP contribution in [0.3, 0.4) is 0 Å². The summed E-state index contributed by atoms with van der Waals surface area (Å²) in [6.07, 6.45) is 12.7. The van der Waals surface area contributed by atoms with Crippen molar-refractivity contribution in [2.45, 2.75) is 57.3 Å².